The second-order valence-corrected chi connectivity index (χ2v) is 9.42. The molecular weight excluding hydrogens is 442 g/mol. The first-order valence-electron chi connectivity index (χ1n) is 11.1. The van der Waals surface area contributed by atoms with Gasteiger partial charge in [0.25, 0.3) is 5.91 Å². The van der Waals surface area contributed by atoms with Crippen molar-refractivity contribution in [3.05, 3.63) is 52.9 Å². The van der Waals surface area contributed by atoms with Gasteiger partial charge >= 0.3 is 0 Å². The SMILES string of the molecule is CCCCCCCCOc1ccc(C=C2SC(=S)N(c3ccc4c(c3)OCO4)C2=O)cc1. The molecule has 0 aliphatic carbocycles. The highest BCUT2D eigenvalue weighted by molar-refractivity contribution is 8.27. The molecule has 1 amide bonds. The fourth-order valence-electron chi connectivity index (χ4n) is 3.60. The zero-order chi connectivity index (χ0) is 22.3. The molecule has 0 radical (unpaired) electrons. The molecule has 0 N–H and O–H groups in total. The highest BCUT2D eigenvalue weighted by Crippen LogP contribution is 2.40. The first-order chi connectivity index (χ1) is 15.7. The van der Waals surface area contributed by atoms with Crippen LogP contribution in [-0.2, 0) is 4.79 Å². The Hall–Kier alpha value is -2.51. The minimum absolute atomic E-state index is 0.137. The molecule has 2 aliphatic heterocycles. The first-order valence-corrected chi connectivity index (χ1v) is 12.3. The average molecular weight is 470 g/mol. The van der Waals surface area contributed by atoms with Crippen LogP contribution in [0.5, 0.6) is 17.2 Å². The Morgan fingerprint density at radius 1 is 1.03 bits per heavy atom. The van der Waals surface area contributed by atoms with Gasteiger partial charge in [0.1, 0.15) is 5.75 Å². The number of thiocarbonyl (C=S) groups is 1. The van der Waals surface area contributed by atoms with Gasteiger partial charge < -0.3 is 14.2 Å². The van der Waals surface area contributed by atoms with Crippen LogP contribution in [0.1, 0.15) is 51.0 Å². The Balaban J connectivity index is 1.34. The van der Waals surface area contributed by atoms with E-state index in [1.807, 2.05) is 36.4 Å². The van der Waals surface area contributed by atoms with Crippen LogP contribution >= 0.6 is 24.0 Å². The number of rotatable bonds is 10. The van der Waals surface area contributed by atoms with E-state index < -0.39 is 0 Å². The summed E-state index contributed by atoms with van der Waals surface area (Å²) in [5, 5.41) is 0. The summed E-state index contributed by atoms with van der Waals surface area (Å²) in [5.41, 5.74) is 1.61. The zero-order valence-corrected chi connectivity index (χ0v) is 19.8. The molecule has 4 rings (SSSR count). The lowest BCUT2D eigenvalue weighted by atomic mass is 10.1. The maximum atomic E-state index is 13.0. The van der Waals surface area contributed by atoms with Crippen LogP contribution in [0, 0.1) is 0 Å². The number of carbonyl (C=O) groups excluding carboxylic acids is 1. The molecule has 0 aromatic heterocycles. The van der Waals surface area contributed by atoms with E-state index in [1.165, 1.54) is 48.8 Å². The smallest absolute Gasteiger partial charge is 0.270 e. The highest BCUT2D eigenvalue weighted by atomic mass is 32.2. The summed E-state index contributed by atoms with van der Waals surface area (Å²) in [6.45, 7) is 3.16. The number of unbranched alkanes of at least 4 members (excludes halogenated alkanes) is 5. The molecule has 2 aromatic rings. The highest BCUT2D eigenvalue weighted by Gasteiger charge is 2.34. The Bertz CT molecular complexity index is 1000. The van der Waals surface area contributed by atoms with Crippen LogP contribution in [0.2, 0.25) is 0 Å². The number of nitrogens with zero attached hydrogens (tertiary/aromatic N) is 1. The largest absolute Gasteiger partial charge is 0.494 e. The van der Waals surface area contributed by atoms with Gasteiger partial charge in [-0.05, 0) is 42.3 Å². The van der Waals surface area contributed by atoms with Crippen LogP contribution in [-0.4, -0.2) is 23.6 Å². The topological polar surface area (TPSA) is 48.0 Å². The third kappa shape index (κ3) is 5.45. The molecule has 2 aromatic carbocycles. The second-order valence-electron chi connectivity index (χ2n) is 7.74. The Labute approximate surface area is 198 Å². The van der Waals surface area contributed by atoms with Crippen LogP contribution in [0.3, 0.4) is 0 Å². The van der Waals surface area contributed by atoms with E-state index in [4.69, 9.17) is 26.4 Å². The summed E-state index contributed by atoms with van der Waals surface area (Å²) in [6, 6.07) is 13.2. The average Bonchev–Trinajstić information content (AvgIpc) is 3.37. The van der Waals surface area contributed by atoms with E-state index in [1.54, 1.807) is 12.1 Å². The van der Waals surface area contributed by atoms with Gasteiger partial charge in [0.15, 0.2) is 15.8 Å². The fourth-order valence-corrected chi connectivity index (χ4v) is 4.90. The number of anilines is 1. The Morgan fingerprint density at radius 3 is 2.59 bits per heavy atom. The molecule has 1 saturated heterocycles. The number of amides is 1. The molecule has 5 nitrogen and oxygen atoms in total. The van der Waals surface area contributed by atoms with E-state index in [-0.39, 0.29) is 12.7 Å². The predicted molar refractivity (Wildman–Crippen MR) is 134 cm³/mol. The summed E-state index contributed by atoms with van der Waals surface area (Å²) in [7, 11) is 0. The molecule has 0 atom stereocenters. The normalized spacial score (nSPS) is 16.3. The van der Waals surface area contributed by atoms with Gasteiger partial charge in [0, 0.05) is 6.07 Å². The van der Waals surface area contributed by atoms with Crippen molar-refractivity contribution in [1.29, 1.82) is 0 Å². The van der Waals surface area contributed by atoms with E-state index in [0.717, 1.165) is 24.3 Å². The summed E-state index contributed by atoms with van der Waals surface area (Å²) < 4.78 is 17.1. The van der Waals surface area contributed by atoms with Crippen LogP contribution in [0.15, 0.2) is 47.4 Å². The van der Waals surface area contributed by atoms with Gasteiger partial charge in [-0.2, -0.15) is 0 Å². The lowest BCUT2D eigenvalue weighted by Gasteiger charge is -2.14. The number of ether oxygens (including phenoxy) is 3. The molecule has 0 unspecified atom stereocenters. The lowest BCUT2D eigenvalue weighted by Crippen LogP contribution is -2.27. The monoisotopic (exact) mass is 469 g/mol. The number of fused-ring (bicyclic) bond motifs is 1. The van der Waals surface area contributed by atoms with E-state index in [9.17, 15) is 4.79 Å². The minimum atomic E-state index is -0.137. The molecule has 7 heteroatoms. The predicted octanol–water partition coefficient (Wildman–Crippen LogP) is 6.56. The van der Waals surface area contributed by atoms with Gasteiger partial charge in [-0.1, -0.05) is 75.1 Å². The molecule has 168 valence electrons. The van der Waals surface area contributed by atoms with Crippen molar-refractivity contribution in [2.24, 2.45) is 0 Å². The van der Waals surface area contributed by atoms with Gasteiger partial charge in [-0.15, -0.1) is 0 Å². The Morgan fingerprint density at radius 2 is 1.78 bits per heavy atom. The van der Waals surface area contributed by atoms with Crippen molar-refractivity contribution in [2.75, 3.05) is 18.3 Å². The van der Waals surface area contributed by atoms with Crippen molar-refractivity contribution < 1.29 is 19.0 Å². The summed E-state index contributed by atoms with van der Waals surface area (Å²) >= 11 is 6.77. The maximum Gasteiger partial charge on any atom is 0.270 e. The van der Waals surface area contributed by atoms with Gasteiger partial charge in [0.05, 0.1) is 17.2 Å². The number of benzene rings is 2. The van der Waals surface area contributed by atoms with Crippen molar-refractivity contribution in [2.45, 2.75) is 45.4 Å². The molecular formula is C25H27NO4S2. The molecule has 0 spiro atoms. The van der Waals surface area contributed by atoms with Crippen molar-refractivity contribution in [1.82, 2.24) is 0 Å². The van der Waals surface area contributed by atoms with E-state index in [2.05, 4.69) is 6.92 Å². The summed E-state index contributed by atoms with van der Waals surface area (Å²) in [5.74, 6) is 2.01. The quantitative estimate of drug-likeness (QED) is 0.223. The standard InChI is InChI=1S/C25H27NO4S2/c1-2-3-4-5-6-7-14-28-20-11-8-18(9-12-20)15-23-24(27)26(25(31)32-23)19-10-13-21-22(16-19)30-17-29-21/h8-13,15-16H,2-7,14,17H2,1H3. The number of hydrogen-bond acceptors (Lipinski definition) is 6. The molecule has 32 heavy (non-hydrogen) atoms. The molecule has 0 bridgehead atoms. The number of thioether (sulfide) groups is 1. The zero-order valence-electron chi connectivity index (χ0n) is 18.2. The van der Waals surface area contributed by atoms with Crippen molar-refractivity contribution in [3.63, 3.8) is 0 Å². The molecule has 2 aliphatic rings. The third-order valence-corrected chi connectivity index (χ3v) is 6.65. The first kappa shape index (κ1) is 22.7. The van der Waals surface area contributed by atoms with Crippen LogP contribution < -0.4 is 19.1 Å². The van der Waals surface area contributed by atoms with Gasteiger partial charge in [0.2, 0.25) is 6.79 Å². The van der Waals surface area contributed by atoms with Crippen LogP contribution in [0.4, 0.5) is 5.69 Å². The van der Waals surface area contributed by atoms with Gasteiger partial charge in [-0.3, -0.25) is 9.69 Å². The van der Waals surface area contributed by atoms with Crippen LogP contribution in [0.25, 0.3) is 6.08 Å². The molecule has 1 fully saturated rings. The number of hydrogen-bond donors (Lipinski definition) is 0. The minimum Gasteiger partial charge on any atom is -0.494 e. The summed E-state index contributed by atoms with van der Waals surface area (Å²) in [4.78, 5) is 15.1. The van der Waals surface area contributed by atoms with Crippen molar-refractivity contribution >= 4 is 46.0 Å². The maximum absolute atomic E-state index is 13.0. The summed E-state index contributed by atoms with van der Waals surface area (Å²) in [6.07, 6.45) is 9.33. The molecule has 2 heterocycles. The van der Waals surface area contributed by atoms with E-state index in [0.29, 0.717) is 26.4 Å². The van der Waals surface area contributed by atoms with Crippen molar-refractivity contribution in [3.8, 4) is 17.2 Å². The second kappa shape index (κ2) is 10.9. The third-order valence-electron chi connectivity index (χ3n) is 5.35. The van der Waals surface area contributed by atoms with Gasteiger partial charge in [-0.25, -0.2) is 0 Å². The Kier molecular flexibility index (Phi) is 7.71. The van der Waals surface area contributed by atoms with E-state index >= 15 is 0 Å². The molecule has 0 saturated carbocycles. The fraction of sp³-hybridized carbons (Fsp3) is 0.360. The number of carbonyl (C=O) groups is 1. The lowest BCUT2D eigenvalue weighted by molar-refractivity contribution is -0.113.